The molecule has 0 saturated heterocycles. The van der Waals surface area contributed by atoms with Gasteiger partial charge in [0, 0.05) is 18.0 Å². The molecule has 0 fully saturated rings. The summed E-state index contributed by atoms with van der Waals surface area (Å²) >= 11 is 5.94. The van der Waals surface area contributed by atoms with Gasteiger partial charge in [0.05, 0.1) is 11.6 Å². The Bertz CT molecular complexity index is 560. The van der Waals surface area contributed by atoms with Crippen LogP contribution in [-0.2, 0) is 13.2 Å². The van der Waals surface area contributed by atoms with Crippen LogP contribution in [0.1, 0.15) is 17.9 Å². The average Bonchev–Trinajstić information content (AvgIpc) is 2.85. The second-order valence-electron chi connectivity index (χ2n) is 3.70. The number of hydrogen-bond donors (Lipinski definition) is 1. The minimum atomic E-state index is -2.68. The van der Waals surface area contributed by atoms with Crippen LogP contribution < -0.4 is 4.74 Å². The van der Waals surface area contributed by atoms with Gasteiger partial charge >= 0.3 is 6.55 Å². The molecular weight excluding hydrogens is 278 g/mol. The second kappa shape index (κ2) is 5.99. The largest absolute Gasteiger partial charge is 0.484 e. The van der Waals surface area contributed by atoms with E-state index in [2.05, 4.69) is 4.98 Å². The SMILES string of the molecule is OCc1cccc(Cl)c1OCc1nccn1C(F)F. The summed E-state index contributed by atoms with van der Waals surface area (Å²) in [6.07, 6.45) is 2.44. The van der Waals surface area contributed by atoms with Crippen LogP contribution in [0.5, 0.6) is 5.75 Å². The summed E-state index contributed by atoms with van der Waals surface area (Å²) in [6, 6.07) is 4.90. The first-order chi connectivity index (χ1) is 9.13. The summed E-state index contributed by atoms with van der Waals surface area (Å²) in [5.74, 6) is 0.356. The number of para-hydroxylation sites is 1. The van der Waals surface area contributed by atoms with Crippen molar-refractivity contribution < 1.29 is 18.6 Å². The van der Waals surface area contributed by atoms with Crippen LogP contribution in [0.3, 0.4) is 0 Å². The summed E-state index contributed by atoms with van der Waals surface area (Å²) in [4.78, 5) is 3.79. The van der Waals surface area contributed by atoms with E-state index in [0.29, 0.717) is 15.2 Å². The molecule has 0 aliphatic heterocycles. The van der Waals surface area contributed by atoms with Crippen molar-refractivity contribution in [1.29, 1.82) is 0 Å². The predicted octanol–water partition coefficient (Wildman–Crippen LogP) is 3.00. The van der Waals surface area contributed by atoms with Gasteiger partial charge in [-0.05, 0) is 6.07 Å². The zero-order chi connectivity index (χ0) is 13.8. The average molecular weight is 289 g/mol. The molecule has 19 heavy (non-hydrogen) atoms. The number of aliphatic hydroxyl groups is 1. The molecule has 0 amide bonds. The van der Waals surface area contributed by atoms with Crippen molar-refractivity contribution in [3.8, 4) is 5.75 Å². The number of benzene rings is 1. The zero-order valence-corrected chi connectivity index (χ0v) is 10.5. The molecule has 0 bridgehead atoms. The smallest absolute Gasteiger partial charge is 0.320 e. The molecule has 0 unspecified atom stereocenters. The summed E-state index contributed by atoms with van der Waals surface area (Å²) in [6.45, 7) is -3.09. The highest BCUT2D eigenvalue weighted by Crippen LogP contribution is 2.29. The highest BCUT2D eigenvalue weighted by molar-refractivity contribution is 6.32. The van der Waals surface area contributed by atoms with Gasteiger partial charge in [0.25, 0.3) is 0 Å². The Hall–Kier alpha value is -1.66. The van der Waals surface area contributed by atoms with Crippen LogP contribution in [0.4, 0.5) is 8.78 Å². The van der Waals surface area contributed by atoms with E-state index >= 15 is 0 Å². The van der Waals surface area contributed by atoms with E-state index < -0.39 is 6.55 Å². The Morgan fingerprint density at radius 2 is 2.21 bits per heavy atom. The standard InChI is InChI=1S/C12H11ClF2N2O2/c13-9-3-1-2-8(6-18)11(9)19-7-10-16-4-5-17(10)12(14)15/h1-5,12,18H,6-7H2. The lowest BCUT2D eigenvalue weighted by molar-refractivity contribution is 0.0631. The molecule has 2 rings (SSSR count). The minimum Gasteiger partial charge on any atom is -0.484 e. The number of nitrogens with zero attached hydrogens (tertiary/aromatic N) is 2. The van der Waals surface area contributed by atoms with Crippen LogP contribution in [0, 0.1) is 0 Å². The van der Waals surface area contributed by atoms with Crippen LogP contribution in [-0.4, -0.2) is 14.7 Å². The van der Waals surface area contributed by atoms with Gasteiger partial charge in [0.2, 0.25) is 0 Å². The van der Waals surface area contributed by atoms with Crippen molar-refractivity contribution >= 4 is 11.6 Å². The normalized spacial score (nSPS) is 11.0. The Labute approximate surface area is 113 Å². The first kappa shape index (κ1) is 13.8. The summed E-state index contributed by atoms with van der Waals surface area (Å²) < 4.78 is 31.3. The molecule has 0 saturated carbocycles. The molecule has 1 aromatic carbocycles. The van der Waals surface area contributed by atoms with Gasteiger partial charge in [0.1, 0.15) is 12.4 Å². The number of halogens is 3. The molecule has 2 aromatic rings. The second-order valence-corrected chi connectivity index (χ2v) is 4.11. The van der Waals surface area contributed by atoms with Crippen molar-refractivity contribution in [2.24, 2.45) is 0 Å². The van der Waals surface area contributed by atoms with Gasteiger partial charge in [-0.2, -0.15) is 8.78 Å². The van der Waals surface area contributed by atoms with Crippen LogP contribution in [0.15, 0.2) is 30.6 Å². The molecule has 0 atom stereocenters. The summed E-state index contributed by atoms with van der Waals surface area (Å²) in [5, 5.41) is 9.47. The summed E-state index contributed by atoms with van der Waals surface area (Å²) in [7, 11) is 0. The number of rotatable bonds is 5. The molecule has 1 aromatic heterocycles. The number of hydrogen-bond acceptors (Lipinski definition) is 3. The van der Waals surface area contributed by atoms with E-state index in [1.807, 2.05) is 0 Å². The van der Waals surface area contributed by atoms with E-state index in [9.17, 15) is 8.78 Å². The maximum absolute atomic E-state index is 12.6. The van der Waals surface area contributed by atoms with Crippen molar-refractivity contribution in [2.75, 3.05) is 0 Å². The fraction of sp³-hybridized carbons (Fsp3) is 0.250. The lowest BCUT2D eigenvalue weighted by Crippen LogP contribution is -2.08. The zero-order valence-electron chi connectivity index (χ0n) is 9.76. The van der Waals surface area contributed by atoms with E-state index in [4.69, 9.17) is 21.4 Å². The maximum Gasteiger partial charge on any atom is 0.320 e. The first-order valence-corrected chi connectivity index (χ1v) is 5.82. The Morgan fingerprint density at radius 1 is 1.42 bits per heavy atom. The number of aromatic nitrogens is 2. The van der Waals surface area contributed by atoms with E-state index in [1.54, 1.807) is 18.2 Å². The van der Waals surface area contributed by atoms with Gasteiger partial charge in [-0.25, -0.2) is 4.98 Å². The molecule has 0 radical (unpaired) electrons. The van der Waals surface area contributed by atoms with E-state index in [0.717, 1.165) is 0 Å². The van der Waals surface area contributed by atoms with Gasteiger partial charge in [0.15, 0.2) is 5.82 Å². The van der Waals surface area contributed by atoms with Crippen molar-refractivity contribution in [2.45, 2.75) is 19.8 Å². The molecule has 1 heterocycles. The van der Waals surface area contributed by atoms with Gasteiger partial charge in [-0.3, -0.25) is 4.57 Å². The van der Waals surface area contributed by atoms with Crippen LogP contribution >= 0.6 is 11.6 Å². The first-order valence-electron chi connectivity index (χ1n) is 5.44. The lowest BCUT2D eigenvalue weighted by atomic mass is 10.2. The van der Waals surface area contributed by atoms with Gasteiger partial charge < -0.3 is 9.84 Å². The fourth-order valence-corrected chi connectivity index (χ4v) is 1.86. The topological polar surface area (TPSA) is 47.3 Å². The Kier molecular flexibility index (Phi) is 4.34. The molecule has 102 valence electrons. The van der Waals surface area contributed by atoms with E-state index in [-0.39, 0.29) is 24.8 Å². The Morgan fingerprint density at radius 3 is 2.89 bits per heavy atom. The third-order valence-electron chi connectivity index (χ3n) is 2.52. The van der Waals surface area contributed by atoms with Crippen molar-refractivity contribution in [1.82, 2.24) is 9.55 Å². The molecule has 0 aliphatic carbocycles. The molecule has 4 nitrogen and oxygen atoms in total. The van der Waals surface area contributed by atoms with Crippen LogP contribution in [0.25, 0.3) is 0 Å². The van der Waals surface area contributed by atoms with Gasteiger partial charge in [-0.15, -0.1) is 0 Å². The number of imidazole rings is 1. The lowest BCUT2D eigenvalue weighted by Gasteiger charge is -2.12. The monoisotopic (exact) mass is 288 g/mol. The Balaban J connectivity index is 2.17. The maximum atomic E-state index is 12.6. The van der Waals surface area contributed by atoms with Gasteiger partial charge in [-0.1, -0.05) is 23.7 Å². The quantitative estimate of drug-likeness (QED) is 0.920. The third kappa shape index (κ3) is 3.02. The number of alkyl halides is 2. The highest BCUT2D eigenvalue weighted by atomic mass is 35.5. The minimum absolute atomic E-state index is 0.0822. The fourth-order valence-electron chi connectivity index (χ4n) is 1.61. The molecule has 0 spiro atoms. The molecule has 1 N–H and O–H groups in total. The molecule has 7 heteroatoms. The molecular formula is C12H11ClF2N2O2. The third-order valence-corrected chi connectivity index (χ3v) is 2.82. The van der Waals surface area contributed by atoms with Crippen molar-refractivity contribution in [3.05, 3.63) is 47.0 Å². The highest BCUT2D eigenvalue weighted by Gasteiger charge is 2.13. The van der Waals surface area contributed by atoms with E-state index in [1.165, 1.54) is 12.4 Å². The van der Waals surface area contributed by atoms with Crippen LogP contribution in [0.2, 0.25) is 5.02 Å². The number of ether oxygens (including phenoxy) is 1. The molecule has 0 aliphatic rings. The van der Waals surface area contributed by atoms with Crippen molar-refractivity contribution in [3.63, 3.8) is 0 Å². The number of aliphatic hydroxyl groups excluding tert-OH is 1. The predicted molar refractivity (Wildman–Crippen MR) is 65.2 cm³/mol. The summed E-state index contributed by atoms with van der Waals surface area (Å²) in [5.41, 5.74) is 0.489.